The van der Waals surface area contributed by atoms with Crippen molar-refractivity contribution in [3.8, 4) is 0 Å². The maximum Gasteiger partial charge on any atom is 0.239 e. The molecule has 1 amide bonds. The number of piperidine rings is 1. The monoisotopic (exact) mass is 342 g/mol. The number of halogens is 2. The predicted molar refractivity (Wildman–Crippen MR) is 92.3 cm³/mol. The normalized spacial score (nSPS) is 17.8. The van der Waals surface area contributed by atoms with Crippen LogP contribution >= 0.6 is 23.2 Å². The summed E-state index contributed by atoms with van der Waals surface area (Å²) in [6.07, 6.45) is 3.00. The van der Waals surface area contributed by atoms with Gasteiger partial charge in [-0.3, -0.25) is 4.79 Å². The van der Waals surface area contributed by atoms with Gasteiger partial charge in [0.05, 0.1) is 16.1 Å². The average Bonchev–Trinajstić information content (AvgIpc) is 2.50. The molecule has 0 unspecified atom stereocenters. The third-order valence-corrected chi connectivity index (χ3v) is 5.18. The standard InChI is InChI=1S/C17H24Cl2N2O/c1-11(2)16(20)17(22)21-7-5-12(6-8-21)9-13-3-4-14(18)15(19)10-13/h3-4,10-12,16H,5-9,20H2,1-2H3/t16-/m1/s1. The predicted octanol–water partition coefficient (Wildman–Crippen LogP) is 3.76. The van der Waals surface area contributed by atoms with Crippen LogP contribution in [-0.2, 0) is 11.2 Å². The molecule has 122 valence electrons. The lowest BCUT2D eigenvalue weighted by Gasteiger charge is -2.34. The molecular weight excluding hydrogens is 319 g/mol. The molecule has 2 rings (SSSR count). The van der Waals surface area contributed by atoms with Gasteiger partial charge < -0.3 is 10.6 Å². The van der Waals surface area contributed by atoms with Crippen LogP contribution < -0.4 is 5.73 Å². The molecule has 0 bridgehead atoms. The second-order valence-electron chi connectivity index (χ2n) is 6.49. The molecule has 0 aromatic heterocycles. The van der Waals surface area contributed by atoms with Crippen LogP contribution in [-0.4, -0.2) is 29.9 Å². The largest absolute Gasteiger partial charge is 0.341 e. The molecule has 1 aromatic carbocycles. The molecule has 1 atom stereocenters. The molecule has 3 nitrogen and oxygen atoms in total. The number of hydrogen-bond acceptors (Lipinski definition) is 2. The van der Waals surface area contributed by atoms with Gasteiger partial charge in [0.1, 0.15) is 0 Å². The number of amides is 1. The van der Waals surface area contributed by atoms with E-state index < -0.39 is 0 Å². The van der Waals surface area contributed by atoms with Crippen LogP contribution in [0.25, 0.3) is 0 Å². The van der Waals surface area contributed by atoms with E-state index in [4.69, 9.17) is 28.9 Å². The second-order valence-corrected chi connectivity index (χ2v) is 7.31. The highest BCUT2D eigenvalue weighted by atomic mass is 35.5. The summed E-state index contributed by atoms with van der Waals surface area (Å²) in [7, 11) is 0. The Labute approximate surface area is 142 Å². The van der Waals surface area contributed by atoms with Crippen molar-refractivity contribution in [1.29, 1.82) is 0 Å². The summed E-state index contributed by atoms with van der Waals surface area (Å²) in [5, 5.41) is 1.20. The van der Waals surface area contributed by atoms with Gasteiger partial charge in [-0.1, -0.05) is 43.1 Å². The number of nitrogens with zero attached hydrogens (tertiary/aromatic N) is 1. The lowest BCUT2D eigenvalue weighted by Crippen LogP contribution is -2.49. The van der Waals surface area contributed by atoms with E-state index in [2.05, 4.69) is 0 Å². The lowest BCUT2D eigenvalue weighted by molar-refractivity contribution is -0.134. The van der Waals surface area contributed by atoms with Gasteiger partial charge in [-0.15, -0.1) is 0 Å². The molecule has 1 aliphatic rings. The Morgan fingerprint density at radius 1 is 1.27 bits per heavy atom. The average molecular weight is 343 g/mol. The number of carbonyl (C=O) groups excluding carboxylic acids is 1. The maximum absolute atomic E-state index is 12.3. The minimum absolute atomic E-state index is 0.0861. The highest BCUT2D eigenvalue weighted by molar-refractivity contribution is 6.42. The van der Waals surface area contributed by atoms with Crippen LogP contribution in [0.5, 0.6) is 0 Å². The number of nitrogens with two attached hydrogens (primary N) is 1. The van der Waals surface area contributed by atoms with E-state index in [0.29, 0.717) is 16.0 Å². The van der Waals surface area contributed by atoms with Crippen molar-refractivity contribution >= 4 is 29.1 Å². The van der Waals surface area contributed by atoms with E-state index in [9.17, 15) is 4.79 Å². The first-order valence-electron chi connectivity index (χ1n) is 7.86. The van der Waals surface area contributed by atoms with Crippen molar-refractivity contribution in [3.05, 3.63) is 33.8 Å². The Hall–Kier alpha value is -0.770. The summed E-state index contributed by atoms with van der Waals surface area (Å²) in [6.45, 7) is 5.57. The SMILES string of the molecule is CC(C)[C@@H](N)C(=O)N1CCC(Cc2ccc(Cl)c(Cl)c2)CC1. The van der Waals surface area contributed by atoms with Crippen molar-refractivity contribution in [2.75, 3.05) is 13.1 Å². The summed E-state index contributed by atoms with van der Waals surface area (Å²) in [5.41, 5.74) is 7.17. The van der Waals surface area contributed by atoms with Gasteiger partial charge in [0.15, 0.2) is 0 Å². The number of benzene rings is 1. The fraction of sp³-hybridized carbons (Fsp3) is 0.588. The fourth-order valence-corrected chi connectivity index (χ4v) is 3.17. The Kier molecular flexibility index (Phi) is 6.13. The van der Waals surface area contributed by atoms with Crippen LogP contribution in [0.3, 0.4) is 0 Å². The maximum atomic E-state index is 12.3. The molecule has 1 saturated heterocycles. The molecule has 0 saturated carbocycles. The third-order valence-electron chi connectivity index (χ3n) is 4.44. The van der Waals surface area contributed by atoms with Crippen molar-refractivity contribution in [2.45, 2.75) is 39.2 Å². The van der Waals surface area contributed by atoms with Gasteiger partial charge in [0.2, 0.25) is 5.91 Å². The van der Waals surface area contributed by atoms with Gasteiger partial charge in [0.25, 0.3) is 0 Å². The summed E-state index contributed by atoms with van der Waals surface area (Å²) in [6, 6.07) is 5.43. The fourth-order valence-electron chi connectivity index (χ4n) is 2.85. The number of hydrogen-bond donors (Lipinski definition) is 1. The number of carbonyl (C=O) groups is 1. The molecular formula is C17H24Cl2N2O. The Bertz CT molecular complexity index is 525. The van der Waals surface area contributed by atoms with E-state index >= 15 is 0 Å². The molecule has 2 N–H and O–H groups in total. The van der Waals surface area contributed by atoms with Crippen molar-refractivity contribution in [2.24, 2.45) is 17.6 Å². The Balaban J connectivity index is 1.87. The Morgan fingerprint density at radius 3 is 2.45 bits per heavy atom. The third kappa shape index (κ3) is 4.37. The van der Waals surface area contributed by atoms with E-state index in [1.807, 2.05) is 36.9 Å². The van der Waals surface area contributed by atoms with E-state index in [0.717, 1.165) is 32.4 Å². The second kappa shape index (κ2) is 7.67. The zero-order valence-corrected chi connectivity index (χ0v) is 14.7. The minimum Gasteiger partial charge on any atom is -0.341 e. The van der Waals surface area contributed by atoms with Crippen LogP contribution in [0, 0.1) is 11.8 Å². The number of rotatable bonds is 4. The molecule has 0 spiro atoms. The zero-order chi connectivity index (χ0) is 16.3. The van der Waals surface area contributed by atoms with Crippen LogP contribution in [0.4, 0.5) is 0 Å². The summed E-state index contributed by atoms with van der Waals surface area (Å²) in [4.78, 5) is 14.2. The van der Waals surface area contributed by atoms with E-state index in [1.54, 1.807) is 0 Å². The molecule has 0 aliphatic carbocycles. The molecule has 1 fully saturated rings. The number of likely N-dealkylation sites (tertiary alicyclic amines) is 1. The highest BCUT2D eigenvalue weighted by Gasteiger charge is 2.27. The highest BCUT2D eigenvalue weighted by Crippen LogP contribution is 2.27. The molecule has 1 aliphatic heterocycles. The molecule has 22 heavy (non-hydrogen) atoms. The van der Waals surface area contributed by atoms with Gasteiger partial charge in [-0.2, -0.15) is 0 Å². The molecule has 1 heterocycles. The quantitative estimate of drug-likeness (QED) is 0.905. The Morgan fingerprint density at radius 2 is 1.91 bits per heavy atom. The first-order chi connectivity index (χ1) is 10.4. The summed E-state index contributed by atoms with van der Waals surface area (Å²) >= 11 is 12.0. The van der Waals surface area contributed by atoms with Gasteiger partial charge in [-0.05, 0) is 48.8 Å². The van der Waals surface area contributed by atoms with E-state index in [-0.39, 0.29) is 17.9 Å². The van der Waals surface area contributed by atoms with Crippen LogP contribution in [0.1, 0.15) is 32.3 Å². The smallest absolute Gasteiger partial charge is 0.239 e. The summed E-state index contributed by atoms with van der Waals surface area (Å²) in [5.74, 6) is 0.848. The minimum atomic E-state index is -0.383. The topological polar surface area (TPSA) is 46.3 Å². The zero-order valence-electron chi connectivity index (χ0n) is 13.2. The van der Waals surface area contributed by atoms with Crippen LogP contribution in [0.15, 0.2) is 18.2 Å². The van der Waals surface area contributed by atoms with E-state index in [1.165, 1.54) is 5.56 Å². The summed E-state index contributed by atoms with van der Waals surface area (Å²) < 4.78 is 0. The molecule has 1 aromatic rings. The van der Waals surface area contributed by atoms with Gasteiger partial charge in [-0.25, -0.2) is 0 Å². The first-order valence-corrected chi connectivity index (χ1v) is 8.62. The van der Waals surface area contributed by atoms with Crippen LogP contribution in [0.2, 0.25) is 10.0 Å². The first kappa shape index (κ1) is 17.6. The molecule has 0 radical (unpaired) electrons. The van der Waals surface area contributed by atoms with Gasteiger partial charge >= 0.3 is 0 Å². The van der Waals surface area contributed by atoms with Crippen molar-refractivity contribution in [1.82, 2.24) is 4.90 Å². The van der Waals surface area contributed by atoms with Gasteiger partial charge in [0, 0.05) is 13.1 Å². The van der Waals surface area contributed by atoms with Crippen molar-refractivity contribution in [3.63, 3.8) is 0 Å². The lowest BCUT2D eigenvalue weighted by atomic mass is 9.89. The molecule has 5 heteroatoms. The van der Waals surface area contributed by atoms with Crippen molar-refractivity contribution < 1.29 is 4.79 Å².